The highest BCUT2D eigenvalue weighted by Crippen LogP contribution is 2.24. The molecule has 0 bridgehead atoms. The molecule has 1 N–H and O–H groups in total. The number of hydrogen-bond acceptors (Lipinski definition) is 8. The number of carbonyl (C=O) groups is 3. The Balaban J connectivity index is 1.36. The molecule has 0 radical (unpaired) electrons. The van der Waals surface area contributed by atoms with Crippen molar-refractivity contribution in [2.75, 3.05) is 5.75 Å². The van der Waals surface area contributed by atoms with Crippen LogP contribution in [0.4, 0.5) is 0 Å². The van der Waals surface area contributed by atoms with Gasteiger partial charge in [0.15, 0.2) is 5.65 Å². The van der Waals surface area contributed by atoms with Crippen LogP contribution in [-0.4, -0.2) is 48.5 Å². The number of aromatic nitrogens is 4. The normalized spacial score (nSPS) is 13.3. The van der Waals surface area contributed by atoms with E-state index in [9.17, 15) is 14.4 Å². The number of carbonyl (C=O) groups excluding carboxylic acids is 3. The number of hydroxylamine groups is 2. The van der Waals surface area contributed by atoms with Gasteiger partial charge in [-0.1, -0.05) is 17.2 Å². The van der Waals surface area contributed by atoms with Crippen molar-refractivity contribution in [2.45, 2.75) is 11.4 Å². The van der Waals surface area contributed by atoms with E-state index in [2.05, 4.69) is 19.9 Å². The topological polar surface area (TPSA) is 118 Å². The lowest BCUT2D eigenvalue weighted by Crippen LogP contribution is -2.32. The third kappa shape index (κ3) is 2.80. The number of imide groups is 1. The fourth-order valence-electron chi connectivity index (χ4n) is 2.48. The number of rotatable bonds is 5. The zero-order valence-electron chi connectivity index (χ0n) is 13.2. The van der Waals surface area contributed by atoms with Crippen LogP contribution in [0.15, 0.2) is 41.9 Å². The summed E-state index contributed by atoms with van der Waals surface area (Å²) in [6.07, 6.45) is 2.90. The second-order valence-corrected chi connectivity index (χ2v) is 6.38. The van der Waals surface area contributed by atoms with Gasteiger partial charge in [0.25, 0.3) is 11.8 Å². The maximum atomic E-state index is 12.1. The Morgan fingerprint density at radius 2 is 1.85 bits per heavy atom. The van der Waals surface area contributed by atoms with Crippen LogP contribution in [0.5, 0.6) is 0 Å². The molecule has 1 aliphatic heterocycles. The van der Waals surface area contributed by atoms with Gasteiger partial charge in [0.1, 0.15) is 16.9 Å². The van der Waals surface area contributed by atoms with E-state index in [1.54, 1.807) is 12.1 Å². The van der Waals surface area contributed by atoms with Gasteiger partial charge in [0.2, 0.25) is 0 Å². The van der Waals surface area contributed by atoms with Gasteiger partial charge in [-0.2, -0.15) is 0 Å². The number of hydrogen-bond donors (Lipinski definition) is 1. The first-order valence-corrected chi connectivity index (χ1v) is 8.59. The number of imidazole rings is 1. The SMILES string of the molecule is O=C(CCSc1ncnc2nc[nH]c12)ON1C(=O)c2ccccc2C1=O. The molecule has 10 heteroatoms. The molecule has 0 fully saturated rings. The van der Waals surface area contributed by atoms with Crippen molar-refractivity contribution in [3.63, 3.8) is 0 Å². The predicted molar refractivity (Wildman–Crippen MR) is 90.1 cm³/mol. The molecule has 1 aromatic carbocycles. The van der Waals surface area contributed by atoms with Gasteiger partial charge in [-0.25, -0.2) is 19.7 Å². The Morgan fingerprint density at radius 1 is 1.12 bits per heavy atom. The summed E-state index contributed by atoms with van der Waals surface area (Å²) in [6, 6.07) is 6.32. The van der Waals surface area contributed by atoms with Crippen LogP contribution in [0.3, 0.4) is 0 Å². The van der Waals surface area contributed by atoms with E-state index in [4.69, 9.17) is 4.84 Å². The zero-order valence-corrected chi connectivity index (χ0v) is 14.0. The molecule has 0 aliphatic carbocycles. The Bertz CT molecular complexity index is 999. The van der Waals surface area contributed by atoms with Crippen molar-refractivity contribution >= 4 is 40.7 Å². The molecule has 0 atom stereocenters. The average molecular weight is 369 g/mol. The Hall–Kier alpha value is -3.27. The minimum atomic E-state index is -0.679. The summed E-state index contributed by atoms with van der Waals surface area (Å²) in [7, 11) is 0. The molecule has 130 valence electrons. The zero-order chi connectivity index (χ0) is 18.1. The minimum Gasteiger partial charge on any atom is -0.341 e. The fourth-order valence-corrected chi connectivity index (χ4v) is 3.36. The molecule has 0 saturated heterocycles. The van der Waals surface area contributed by atoms with Crippen LogP contribution in [0.2, 0.25) is 0 Å². The molecule has 0 saturated carbocycles. The first-order valence-electron chi connectivity index (χ1n) is 7.60. The summed E-state index contributed by atoms with van der Waals surface area (Å²) >= 11 is 1.32. The van der Waals surface area contributed by atoms with Crippen molar-refractivity contribution in [2.24, 2.45) is 0 Å². The second-order valence-electron chi connectivity index (χ2n) is 5.29. The van der Waals surface area contributed by atoms with E-state index < -0.39 is 17.8 Å². The summed E-state index contributed by atoms with van der Waals surface area (Å²) in [5, 5.41) is 1.16. The number of amides is 2. The van der Waals surface area contributed by atoms with Crippen LogP contribution < -0.4 is 0 Å². The van der Waals surface area contributed by atoms with Gasteiger partial charge in [0, 0.05) is 5.75 Å². The molecule has 4 rings (SSSR count). The summed E-state index contributed by atoms with van der Waals surface area (Å²) in [6.45, 7) is 0. The molecule has 26 heavy (non-hydrogen) atoms. The van der Waals surface area contributed by atoms with Gasteiger partial charge >= 0.3 is 5.97 Å². The van der Waals surface area contributed by atoms with Crippen molar-refractivity contribution in [1.82, 2.24) is 25.0 Å². The predicted octanol–water partition coefficient (Wildman–Crippen LogP) is 1.59. The monoisotopic (exact) mass is 369 g/mol. The van der Waals surface area contributed by atoms with Gasteiger partial charge in [-0.05, 0) is 12.1 Å². The Kier molecular flexibility index (Phi) is 4.09. The van der Waals surface area contributed by atoms with E-state index in [0.717, 1.165) is 0 Å². The van der Waals surface area contributed by atoms with Crippen molar-refractivity contribution in [3.05, 3.63) is 48.0 Å². The lowest BCUT2D eigenvalue weighted by atomic mass is 10.1. The fraction of sp³-hybridized carbons (Fsp3) is 0.125. The van der Waals surface area contributed by atoms with E-state index >= 15 is 0 Å². The highest BCUT2D eigenvalue weighted by molar-refractivity contribution is 7.99. The molecule has 1 aliphatic rings. The maximum absolute atomic E-state index is 12.1. The molecular formula is C16H11N5O4S. The Morgan fingerprint density at radius 3 is 2.58 bits per heavy atom. The number of aromatic amines is 1. The molecule has 0 spiro atoms. The standard InChI is InChI=1S/C16H11N5O4S/c22-11(5-6-26-14-12-13(18-7-17-12)19-8-20-14)25-21-15(23)9-3-1-2-4-10(9)16(21)24/h1-4,7-8H,5-6H2,(H,17,18,19,20). The number of nitrogens with one attached hydrogen (secondary N) is 1. The molecule has 3 heterocycles. The third-order valence-corrected chi connectivity index (χ3v) is 4.67. The third-order valence-electron chi connectivity index (χ3n) is 3.68. The number of thioether (sulfide) groups is 1. The van der Waals surface area contributed by atoms with Gasteiger partial charge in [0.05, 0.1) is 23.9 Å². The van der Waals surface area contributed by atoms with Crippen LogP contribution in [0.1, 0.15) is 27.1 Å². The maximum Gasteiger partial charge on any atom is 0.334 e. The smallest absolute Gasteiger partial charge is 0.334 e. The van der Waals surface area contributed by atoms with Gasteiger partial charge in [-0.3, -0.25) is 9.59 Å². The van der Waals surface area contributed by atoms with Crippen molar-refractivity contribution in [1.29, 1.82) is 0 Å². The summed E-state index contributed by atoms with van der Waals surface area (Å²) < 4.78 is 0. The van der Waals surface area contributed by atoms with Gasteiger partial charge < -0.3 is 9.82 Å². The molecule has 9 nitrogen and oxygen atoms in total. The lowest BCUT2D eigenvalue weighted by Gasteiger charge is -2.12. The van der Waals surface area contributed by atoms with Crippen LogP contribution in [-0.2, 0) is 9.63 Å². The number of H-pyrrole nitrogens is 1. The second kappa shape index (κ2) is 6.56. The summed E-state index contributed by atoms with van der Waals surface area (Å²) in [5.74, 6) is -1.60. The van der Waals surface area contributed by atoms with Crippen LogP contribution >= 0.6 is 11.8 Å². The number of nitrogens with zero attached hydrogens (tertiary/aromatic N) is 4. The van der Waals surface area contributed by atoms with E-state index in [0.29, 0.717) is 27.0 Å². The molecule has 0 unspecified atom stereocenters. The first-order chi connectivity index (χ1) is 12.6. The van der Waals surface area contributed by atoms with Gasteiger partial charge in [-0.15, -0.1) is 11.8 Å². The molecule has 2 aromatic heterocycles. The van der Waals surface area contributed by atoms with Crippen LogP contribution in [0, 0.1) is 0 Å². The first kappa shape index (κ1) is 16.2. The number of benzene rings is 1. The highest BCUT2D eigenvalue weighted by atomic mass is 32.2. The molecule has 3 aromatic rings. The van der Waals surface area contributed by atoms with Crippen LogP contribution in [0.25, 0.3) is 11.2 Å². The van der Waals surface area contributed by atoms with Crippen molar-refractivity contribution in [3.8, 4) is 0 Å². The Labute approximate surface area is 150 Å². The summed E-state index contributed by atoms with van der Waals surface area (Å²) in [4.78, 5) is 56.4. The van der Waals surface area contributed by atoms with Crippen molar-refractivity contribution < 1.29 is 19.2 Å². The number of fused-ring (bicyclic) bond motifs is 2. The largest absolute Gasteiger partial charge is 0.341 e. The summed E-state index contributed by atoms with van der Waals surface area (Å²) in [5.41, 5.74) is 1.67. The molecular weight excluding hydrogens is 358 g/mol. The highest BCUT2D eigenvalue weighted by Gasteiger charge is 2.38. The lowest BCUT2D eigenvalue weighted by molar-refractivity contribution is -0.167. The van der Waals surface area contributed by atoms with E-state index in [-0.39, 0.29) is 17.5 Å². The van der Waals surface area contributed by atoms with E-state index in [1.165, 1.54) is 36.5 Å². The van der Waals surface area contributed by atoms with E-state index in [1.807, 2.05) is 0 Å². The average Bonchev–Trinajstić information content (AvgIpc) is 3.22. The quantitative estimate of drug-likeness (QED) is 0.409. The minimum absolute atomic E-state index is 0.00228. The molecule has 2 amide bonds.